The Morgan fingerprint density at radius 1 is 1.15 bits per heavy atom. The van der Waals surface area contributed by atoms with E-state index in [9.17, 15) is 9.59 Å². The van der Waals surface area contributed by atoms with Gasteiger partial charge in [-0.05, 0) is 31.0 Å². The van der Waals surface area contributed by atoms with Crippen molar-refractivity contribution in [3.05, 3.63) is 65.5 Å². The fraction of sp³-hybridized carbons (Fsp3) is 0.350. The average Bonchev–Trinajstić information content (AvgIpc) is 2.67. The Morgan fingerprint density at radius 2 is 1.92 bits per heavy atom. The zero-order chi connectivity index (χ0) is 18.5. The molecule has 1 saturated heterocycles. The molecule has 0 bridgehead atoms. The molecule has 2 aromatic rings. The van der Waals surface area contributed by atoms with Crippen LogP contribution in [0, 0.1) is 6.92 Å². The maximum atomic E-state index is 12.7. The molecule has 6 heteroatoms. The van der Waals surface area contributed by atoms with Gasteiger partial charge in [-0.25, -0.2) is 0 Å². The van der Waals surface area contributed by atoms with Crippen molar-refractivity contribution in [1.29, 1.82) is 0 Å². The molecule has 1 aromatic carbocycles. The minimum Gasteiger partial charge on any atom is -0.368 e. The van der Waals surface area contributed by atoms with Crippen molar-refractivity contribution in [1.82, 2.24) is 14.8 Å². The number of aryl methyl sites for hydroxylation is 1. The highest BCUT2D eigenvalue weighted by molar-refractivity contribution is 5.94. The number of benzene rings is 1. The summed E-state index contributed by atoms with van der Waals surface area (Å²) in [7, 11) is 0. The molecule has 26 heavy (non-hydrogen) atoms. The lowest BCUT2D eigenvalue weighted by molar-refractivity contribution is -0.125. The summed E-state index contributed by atoms with van der Waals surface area (Å²) in [6.07, 6.45) is 2.43. The fourth-order valence-corrected chi connectivity index (χ4v) is 3.24. The molecular weight excluding hydrogens is 328 g/mol. The van der Waals surface area contributed by atoms with Crippen molar-refractivity contribution >= 4 is 11.8 Å². The molecule has 0 unspecified atom stereocenters. The summed E-state index contributed by atoms with van der Waals surface area (Å²) < 4.78 is 0. The highest BCUT2D eigenvalue weighted by atomic mass is 16.2. The molecule has 2 amide bonds. The van der Waals surface area contributed by atoms with Crippen LogP contribution < -0.4 is 5.73 Å². The Balaban J connectivity index is 1.64. The molecule has 3 rings (SSSR count). The predicted octanol–water partition coefficient (Wildman–Crippen LogP) is 1.24. The van der Waals surface area contributed by atoms with Crippen LogP contribution in [0.5, 0.6) is 0 Å². The van der Waals surface area contributed by atoms with Gasteiger partial charge in [-0.2, -0.15) is 0 Å². The summed E-state index contributed by atoms with van der Waals surface area (Å²) in [5.74, 6) is -0.496. The number of rotatable bonds is 5. The number of nitrogens with two attached hydrogens (primary N) is 1. The van der Waals surface area contributed by atoms with Gasteiger partial charge >= 0.3 is 0 Å². The molecule has 1 aromatic heterocycles. The van der Waals surface area contributed by atoms with Gasteiger partial charge in [0.15, 0.2) is 0 Å². The number of hydrogen-bond donors (Lipinski definition) is 1. The fourth-order valence-electron chi connectivity index (χ4n) is 3.24. The first-order chi connectivity index (χ1) is 12.5. The summed E-state index contributed by atoms with van der Waals surface area (Å²) in [5.41, 5.74) is 8.24. The molecule has 2 heterocycles. The van der Waals surface area contributed by atoms with E-state index in [1.54, 1.807) is 17.2 Å². The van der Waals surface area contributed by atoms with Gasteiger partial charge in [0.1, 0.15) is 6.04 Å². The van der Waals surface area contributed by atoms with Gasteiger partial charge < -0.3 is 10.6 Å². The van der Waals surface area contributed by atoms with Crippen LogP contribution in [-0.4, -0.2) is 58.8 Å². The van der Waals surface area contributed by atoms with E-state index in [1.807, 2.05) is 31.2 Å². The van der Waals surface area contributed by atoms with Gasteiger partial charge in [-0.3, -0.25) is 19.5 Å². The van der Waals surface area contributed by atoms with Crippen molar-refractivity contribution < 1.29 is 9.59 Å². The lowest BCUT2D eigenvalue weighted by Gasteiger charge is -2.40. The number of hydrogen-bond acceptors (Lipinski definition) is 4. The Hall–Kier alpha value is -2.73. The number of aromatic nitrogens is 1. The van der Waals surface area contributed by atoms with E-state index >= 15 is 0 Å². The van der Waals surface area contributed by atoms with Gasteiger partial charge in [-0.1, -0.05) is 30.3 Å². The molecule has 1 aliphatic rings. The molecule has 0 spiro atoms. The molecule has 1 aliphatic heterocycles. The maximum absolute atomic E-state index is 12.7. The molecule has 136 valence electrons. The van der Waals surface area contributed by atoms with Crippen molar-refractivity contribution in [3.8, 4) is 0 Å². The third kappa shape index (κ3) is 4.26. The van der Waals surface area contributed by atoms with E-state index in [2.05, 4.69) is 22.0 Å². The first-order valence-corrected chi connectivity index (χ1v) is 8.84. The van der Waals surface area contributed by atoms with Crippen LogP contribution in [0.15, 0.2) is 48.7 Å². The second-order valence-corrected chi connectivity index (χ2v) is 6.63. The van der Waals surface area contributed by atoms with E-state index in [4.69, 9.17) is 5.73 Å². The van der Waals surface area contributed by atoms with E-state index in [0.717, 1.165) is 18.7 Å². The lowest BCUT2D eigenvalue weighted by Crippen LogP contribution is -2.59. The largest absolute Gasteiger partial charge is 0.368 e. The quantitative estimate of drug-likeness (QED) is 0.878. The SMILES string of the molecule is Cc1ccc(C(=O)N2CCN(CCc3ccccc3)[C@H](C(N)=O)C2)cn1. The minimum absolute atomic E-state index is 0.105. The summed E-state index contributed by atoms with van der Waals surface area (Å²) in [6, 6.07) is 13.3. The van der Waals surface area contributed by atoms with E-state index in [-0.39, 0.29) is 5.91 Å². The number of amides is 2. The molecule has 0 aliphatic carbocycles. The molecule has 6 nitrogen and oxygen atoms in total. The number of primary amides is 1. The molecule has 0 radical (unpaired) electrons. The normalized spacial score (nSPS) is 17.9. The van der Waals surface area contributed by atoms with Gasteiger partial charge in [0.05, 0.1) is 5.56 Å². The number of pyridine rings is 1. The van der Waals surface area contributed by atoms with Crippen LogP contribution in [0.4, 0.5) is 0 Å². The maximum Gasteiger partial charge on any atom is 0.255 e. The van der Waals surface area contributed by atoms with Gasteiger partial charge in [0, 0.05) is 38.1 Å². The molecule has 1 atom stereocenters. The monoisotopic (exact) mass is 352 g/mol. The first kappa shape index (κ1) is 18.1. The lowest BCUT2D eigenvalue weighted by atomic mass is 10.1. The van der Waals surface area contributed by atoms with E-state index in [1.165, 1.54) is 5.56 Å². The zero-order valence-corrected chi connectivity index (χ0v) is 15.0. The zero-order valence-electron chi connectivity index (χ0n) is 15.0. The Morgan fingerprint density at radius 3 is 2.58 bits per heavy atom. The van der Waals surface area contributed by atoms with Crippen LogP contribution >= 0.6 is 0 Å². The van der Waals surface area contributed by atoms with E-state index in [0.29, 0.717) is 25.2 Å². The highest BCUT2D eigenvalue weighted by Gasteiger charge is 2.33. The third-order valence-electron chi connectivity index (χ3n) is 4.80. The van der Waals surface area contributed by atoms with Crippen molar-refractivity contribution in [3.63, 3.8) is 0 Å². The highest BCUT2D eigenvalue weighted by Crippen LogP contribution is 2.14. The summed E-state index contributed by atoms with van der Waals surface area (Å²) in [4.78, 5) is 32.6. The molecule has 2 N–H and O–H groups in total. The summed E-state index contributed by atoms with van der Waals surface area (Å²) in [5, 5.41) is 0. The third-order valence-corrected chi connectivity index (χ3v) is 4.80. The average molecular weight is 352 g/mol. The summed E-state index contributed by atoms with van der Waals surface area (Å²) >= 11 is 0. The second-order valence-electron chi connectivity index (χ2n) is 6.63. The molecule has 0 saturated carbocycles. The number of carbonyl (C=O) groups is 2. The topological polar surface area (TPSA) is 79.5 Å². The van der Waals surface area contributed by atoms with Gasteiger partial charge in [-0.15, -0.1) is 0 Å². The second kappa shape index (κ2) is 8.10. The van der Waals surface area contributed by atoms with Gasteiger partial charge in [0.25, 0.3) is 5.91 Å². The number of carbonyl (C=O) groups excluding carboxylic acids is 2. The number of piperazine rings is 1. The van der Waals surface area contributed by atoms with Crippen molar-refractivity contribution in [2.24, 2.45) is 5.73 Å². The standard InChI is InChI=1S/C20H24N4O2/c1-15-7-8-17(13-22-15)20(26)24-12-11-23(18(14-24)19(21)25)10-9-16-5-3-2-4-6-16/h2-8,13,18H,9-12,14H2,1H3,(H2,21,25)/t18-/m0/s1. The van der Waals surface area contributed by atoms with Crippen LogP contribution in [0.3, 0.4) is 0 Å². The molecular formula is C20H24N4O2. The minimum atomic E-state index is -0.463. The number of nitrogens with zero attached hydrogens (tertiary/aromatic N) is 3. The first-order valence-electron chi connectivity index (χ1n) is 8.84. The Bertz CT molecular complexity index is 761. The van der Waals surface area contributed by atoms with Crippen molar-refractivity contribution in [2.75, 3.05) is 26.2 Å². The Labute approximate surface area is 153 Å². The van der Waals surface area contributed by atoms with E-state index < -0.39 is 11.9 Å². The van der Waals surface area contributed by atoms with Crippen LogP contribution in [-0.2, 0) is 11.2 Å². The summed E-state index contributed by atoms with van der Waals surface area (Å²) in [6.45, 7) is 4.14. The van der Waals surface area contributed by atoms with Gasteiger partial charge in [0.2, 0.25) is 5.91 Å². The van der Waals surface area contributed by atoms with Crippen LogP contribution in [0.1, 0.15) is 21.6 Å². The predicted molar refractivity (Wildman–Crippen MR) is 99.6 cm³/mol. The van der Waals surface area contributed by atoms with Crippen LogP contribution in [0.25, 0.3) is 0 Å². The van der Waals surface area contributed by atoms with Crippen LogP contribution in [0.2, 0.25) is 0 Å². The van der Waals surface area contributed by atoms with Crippen molar-refractivity contribution in [2.45, 2.75) is 19.4 Å². The smallest absolute Gasteiger partial charge is 0.255 e. The Kier molecular flexibility index (Phi) is 5.63. The molecule has 1 fully saturated rings.